The summed E-state index contributed by atoms with van der Waals surface area (Å²) in [4.78, 5) is 4.90. The third-order valence-corrected chi connectivity index (χ3v) is 8.79. The molecular formula is C23H41BrO2. The van der Waals surface area contributed by atoms with E-state index in [0.717, 1.165) is 47.8 Å². The van der Waals surface area contributed by atoms with Gasteiger partial charge in [0.15, 0.2) is 0 Å². The Balaban J connectivity index is 1.45. The predicted molar refractivity (Wildman–Crippen MR) is 113 cm³/mol. The van der Waals surface area contributed by atoms with E-state index >= 15 is 0 Å². The highest BCUT2D eigenvalue weighted by Crippen LogP contribution is 2.50. The van der Waals surface area contributed by atoms with Gasteiger partial charge >= 0.3 is 0 Å². The molecule has 0 spiro atoms. The molecule has 0 saturated heterocycles. The van der Waals surface area contributed by atoms with Gasteiger partial charge in [-0.25, -0.2) is 4.89 Å². The maximum atomic E-state index is 9.36. The quantitative estimate of drug-likeness (QED) is 0.246. The fourth-order valence-corrected chi connectivity index (χ4v) is 7.06. The van der Waals surface area contributed by atoms with Gasteiger partial charge in [-0.1, -0.05) is 48.5 Å². The number of rotatable bonds is 8. The van der Waals surface area contributed by atoms with E-state index in [4.69, 9.17) is 4.89 Å². The molecular weight excluding hydrogens is 388 g/mol. The smallest absolute Gasteiger partial charge is 0.0955 e. The number of halogens is 1. The van der Waals surface area contributed by atoms with E-state index < -0.39 is 0 Å². The van der Waals surface area contributed by atoms with Crippen LogP contribution in [0.1, 0.15) is 96.8 Å². The van der Waals surface area contributed by atoms with Crippen LogP contribution in [-0.2, 0) is 4.89 Å². The number of fused-ring (bicyclic) bond motifs is 1. The van der Waals surface area contributed by atoms with Gasteiger partial charge in [0, 0.05) is 5.33 Å². The summed E-state index contributed by atoms with van der Waals surface area (Å²) in [6.07, 6.45) is 19.4. The van der Waals surface area contributed by atoms with E-state index in [1.165, 1.54) is 77.0 Å². The van der Waals surface area contributed by atoms with Crippen LogP contribution in [0.4, 0.5) is 0 Å². The van der Waals surface area contributed by atoms with Gasteiger partial charge in [0.05, 0.1) is 6.10 Å². The first-order chi connectivity index (χ1) is 12.7. The minimum atomic E-state index is 0.0695. The van der Waals surface area contributed by atoms with Crippen LogP contribution >= 0.6 is 15.9 Å². The second-order valence-electron chi connectivity index (χ2n) is 9.71. The largest absolute Gasteiger partial charge is 0.252 e. The Hall–Kier alpha value is 0.400. The lowest BCUT2D eigenvalue weighted by Crippen LogP contribution is -2.37. The lowest BCUT2D eigenvalue weighted by Gasteiger charge is -2.46. The van der Waals surface area contributed by atoms with Gasteiger partial charge in [0.2, 0.25) is 0 Å². The molecule has 0 heterocycles. The summed E-state index contributed by atoms with van der Waals surface area (Å²) in [5, 5.41) is 10.4. The molecule has 152 valence electrons. The first-order valence-electron chi connectivity index (χ1n) is 11.6. The summed E-state index contributed by atoms with van der Waals surface area (Å²) in [7, 11) is 0. The highest BCUT2D eigenvalue weighted by atomic mass is 79.9. The Morgan fingerprint density at radius 3 is 2.15 bits per heavy atom. The first-order valence-corrected chi connectivity index (χ1v) is 12.7. The molecule has 0 aromatic carbocycles. The molecule has 3 aliphatic carbocycles. The zero-order chi connectivity index (χ0) is 18.4. The zero-order valence-electron chi connectivity index (χ0n) is 16.9. The van der Waals surface area contributed by atoms with Gasteiger partial charge in [0.1, 0.15) is 0 Å². The van der Waals surface area contributed by atoms with Crippen LogP contribution in [0.5, 0.6) is 0 Å². The van der Waals surface area contributed by atoms with E-state index in [0.29, 0.717) is 5.92 Å². The molecule has 3 aliphatic rings. The van der Waals surface area contributed by atoms with E-state index in [-0.39, 0.29) is 6.10 Å². The molecule has 0 aliphatic heterocycles. The summed E-state index contributed by atoms with van der Waals surface area (Å²) in [5.74, 6) is 5.55. The van der Waals surface area contributed by atoms with E-state index in [9.17, 15) is 5.26 Å². The van der Waals surface area contributed by atoms with Crippen molar-refractivity contribution in [2.24, 2.45) is 35.5 Å². The minimum absolute atomic E-state index is 0.0695. The normalized spacial score (nSPS) is 39.3. The van der Waals surface area contributed by atoms with Crippen LogP contribution in [0.3, 0.4) is 0 Å². The molecule has 1 N–H and O–H groups in total. The second-order valence-corrected chi connectivity index (χ2v) is 10.5. The molecule has 0 radical (unpaired) electrons. The van der Waals surface area contributed by atoms with Crippen LogP contribution in [-0.4, -0.2) is 16.7 Å². The Morgan fingerprint density at radius 1 is 0.885 bits per heavy atom. The molecule has 0 aromatic rings. The summed E-state index contributed by atoms with van der Waals surface area (Å²) in [6, 6.07) is 0. The monoisotopic (exact) mass is 428 g/mol. The van der Waals surface area contributed by atoms with Crippen molar-refractivity contribution in [2.75, 3.05) is 5.33 Å². The van der Waals surface area contributed by atoms with Crippen LogP contribution in [0.15, 0.2) is 0 Å². The van der Waals surface area contributed by atoms with Crippen molar-refractivity contribution in [1.29, 1.82) is 0 Å². The molecule has 0 aromatic heterocycles. The van der Waals surface area contributed by atoms with Crippen molar-refractivity contribution in [2.45, 2.75) is 103 Å². The zero-order valence-corrected chi connectivity index (χ0v) is 18.5. The second kappa shape index (κ2) is 10.8. The summed E-state index contributed by atoms with van der Waals surface area (Å²) >= 11 is 3.51. The minimum Gasteiger partial charge on any atom is -0.252 e. The van der Waals surface area contributed by atoms with Crippen molar-refractivity contribution < 1.29 is 10.1 Å². The standard InChI is InChI=1S/C23H41BrO2/c1-2-4-17-6-8-18(9-7-17)19-10-11-21-16-22(13-12-20(21)15-19)23(26-25)5-3-14-24/h17-23,25H,2-16H2,1H3. The van der Waals surface area contributed by atoms with Gasteiger partial charge < -0.3 is 0 Å². The summed E-state index contributed by atoms with van der Waals surface area (Å²) in [6.45, 7) is 2.34. The van der Waals surface area contributed by atoms with Crippen LogP contribution < -0.4 is 0 Å². The molecule has 5 atom stereocenters. The molecule has 26 heavy (non-hydrogen) atoms. The van der Waals surface area contributed by atoms with Crippen LogP contribution in [0.25, 0.3) is 0 Å². The molecule has 0 bridgehead atoms. The maximum absolute atomic E-state index is 9.36. The number of hydrogen-bond acceptors (Lipinski definition) is 2. The molecule has 3 rings (SSSR count). The van der Waals surface area contributed by atoms with Crippen LogP contribution in [0, 0.1) is 35.5 Å². The molecule has 3 saturated carbocycles. The molecule has 3 fully saturated rings. The lowest BCUT2D eigenvalue weighted by molar-refractivity contribution is -0.295. The topological polar surface area (TPSA) is 29.5 Å². The van der Waals surface area contributed by atoms with Gasteiger partial charge in [-0.2, -0.15) is 0 Å². The molecule has 3 heteroatoms. The Kier molecular flexibility index (Phi) is 8.78. The fourth-order valence-electron chi connectivity index (χ4n) is 6.74. The Bertz CT molecular complexity index is 394. The van der Waals surface area contributed by atoms with Crippen molar-refractivity contribution in [3.8, 4) is 0 Å². The third kappa shape index (κ3) is 5.47. The highest BCUT2D eigenvalue weighted by Gasteiger charge is 2.40. The van der Waals surface area contributed by atoms with Crippen molar-refractivity contribution in [3.63, 3.8) is 0 Å². The highest BCUT2D eigenvalue weighted by molar-refractivity contribution is 9.09. The van der Waals surface area contributed by atoms with Crippen molar-refractivity contribution in [3.05, 3.63) is 0 Å². The van der Waals surface area contributed by atoms with E-state index in [1.807, 2.05) is 0 Å². The summed E-state index contributed by atoms with van der Waals surface area (Å²) in [5.41, 5.74) is 0. The average molecular weight is 429 g/mol. The van der Waals surface area contributed by atoms with Gasteiger partial charge in [-0.3, -0.25) is 5.26 Å². The Morgan fingerprint density at radius 2 is 1.50 bits per heavy atom. The SMILES string of the molecule is CCCC1CCC(C2CCC3CC(C(CCCBr)OO)CCC3C2)CC1. The van der Waals surface area contributed by atoms with Gasteiger partial charge in [0.25, 0.3) is 0 Å². The van der Waals surface area contributed by atoms with Crippen LogP contribution in [0.2, 0.25) is 0 Å². The molecule has 2 nitrogen and oxygen atoms in total. The Labute approximate surface area is 169 Å². The predicted octanol–water partition coefficient (Wildman–Crippen LogP) is 7.46. The fraction of sp³-hybridized carbons (Fsp3) is 1.00. The van der Waals surface area contributed by atoms with E-state index in [1.54, 1.807) is 0 Å². The third-order valence-electron chi connectivity index (χ3n) is 8.23. The molecule has 5 unspecified atom stereocenters. The summed E-state index contributed by atoms with van der Waals surface area (Å²) < 4.78 is 0. The van der Waals surface area contributed by atoms with Gasteiger partial charge in [-0.05, 0) is 99.7 Å². The lowest BCUT2D eigenvalue weighted by atomic mass is 9.60. The average Bonchev–Trinajstić information content (AvgIpc) is 2.69. The number of hydrogen-bond donors (Lipinski definition) is 1. The molecule has 0 amide bonds. The van der Waals surface area contributed by atoms with Crippen molar-refractivity contribution in [1.82, 2.24) is 0 Å². The van der Waals surface area contributed by atoms with Crippen molar-refractivity contribution >= 4 is 15.9 Å². The first kappa shape index (κ1) is 21.1. The maximum Gasteiger partial charge on any atom is 0.0955 e. The van der Waals surface area contributed by atoms with Gasteiger partial charge in [-0.15, -0.1) is 0 Å². The number of alkyl halides is 1. The van der Waals surface area contributed by atoms with E-state index in [2.05, 4.69) is 22.9 Å².